The number of carboxylic acids is 1. The van der Waals surface area contributed by atoms with E-state index >= 15 is 0 Å². The van der Waals surface area contributed by atoms with Crippen LogP contribution in [0, 0.1) is 5.92 Å². The van der Waals surface area contributed by atoms with E-state index in [2.05, 4.69) is 5.32 Å². The van der Waals surface area contributed by atoms with Gasteiger partial charge in [0, 0.05) is 18.2 Å². The Hall–Kier alpha value is -1.25. The topological polar surface area (TPSA) is 49.3 Å². The zero-order valence-corrected chi connectivity index (χ0v) is 7.42. The molecule has 1 aliphatic carbocycles. The van der Waals surface area contributed by atoms with Crippen molar-refractivity contribution in [1.82, 2.24) is 5.32 Å². The molecule has 0 bridgehead atoms. The summed E-state index contributed by atoms with van der Waals surface area (Å²) in [7, 11) is 0. The minimum absolute atomic E-state index is 0.421. The first-order chi connectivity index (χ1) is 6.29. The van der Waals surface area contributed by atoms with Gasteiger partial charge in [-0.3, -0.25) is 0 Å². The summed E-state index contributed by atoms with van der Waals surface area (Å²) in [5, 5.41) is 12.1. The van der Waals surface area contributed by atoms with Gasteiger partial charge in [-0.15, -0.1) is 0 Å². The summed E-state index contributed by atoms with van der Waals surface area (Å²) < 4.78 is 0. The van der Waals surface area contributed by atoms with Crippen molar-refractivity contribution in [2.75, 3.05) is 6.54 Å². The molecule has 0 aromatic carbocycles. The number of carbonyl (C=O) groups is 1. The quantitative estimate of drug-likeness (QED) is 0.637. The Morgan fingerprint density at radius 2 is 2.46 bits per heavy atom. The van der Waals surface area contributed by atoms with Crippen LogP contribution in [-0.2, 0) is 4.79 Å². The van der Waals surface area contributed by atoms with Crippen LogP contribution in [0.15, 0.2) is 23.4 Å². The highest BCUT2D eigenvalue weighted by atomic mass is 16.4. The minimum Gasteiger partial charge on any atom is -0.478 e. The second kappa shape index (κ2) is 3.24. The summed E-state index contributed by atoms with van der Waals surface area (Å²) in [5.41, 5.74) is 1.40. The van der Waals surface area contributed by atoms with Crippen molar-refractivity contribution in [3.8, 4) is 0 Å². The van der Waals surface area contributed by atoms with Gasteiger partial charge in [-0.05, 0) is 25.3 Å². The SMILES string of the molecule is O=C(O)C1=C2NCCCC2CC=C1. The third kappa shape index (κ3) is 1.46. The molecule has 0 amide bonds. The van der Waals surface area contributed by atoms with E-state index in [0.717, 1.165) is 31.5 Å². The average Bonchev–Trinajstić information content (AvgIpc) is 2.17. The van der Waals surface area contributed by atoms with Gasteiger partial charge in [0.05, 0.1) is 5.57 Å². The van der Waals surface area contributed by atoms with E-state index < -0.39 is 5.97 Å². The Morgan fingerprint density at radius 3 is 3.23 bits per heavy atom. The van der Waals surface area contributed by atoms with Crippen molar-refractivity contribution in [1.29, 1.82) is 0 Å². The van der Waals surface area contributed by atoms with Crippen LogP contribution in [0.3, 0.4) is 0 Å². The lowest BCUT2D eigenvalue weighted by Crippen LogP contribution is -2.31. The molecule has 3 heteroatoms. The predicted molar refractivity (Wildman–Crippen MR) is 49.1 cm³/mol. The lowest BCUT2D eigenvalue weighted by molar-refractivity contribution is -0.132. The minimum atomic E-state index is -0.814. The Labute approximate surface area is 77.1 Å². The maximum atomic E-state index is 10.9. The second-order valence-corrected chi connectivity index (χ2v) is 3.54. The molecule has 1 fully saturated rings. The first-order valence-corrected chi connectivity index (χ1v) is 4.67. The summed E-state index contributed by atoms with van der Waals surface area (Å²) in [4.78, 5) is 10.9. The molecule has 1 unspecified atom stereocenters. The molecule has 2 rings (SSSR count). The van der Waals surface area contributed by atoms with E-state index in [9.17, 15) is 4.79 Å². The highest BCUT2D eigenvalue weighted by molar-refractivity contribution is 5.91. The maximum Gasteiger partial charge on any atom is 0.337 e. The summed E-state index contributed by atoms with van der Waals surface area (Å²) in [6.45, 7) is 0.913. The lowest BCUT2D eigenvalue weighted by atomic mass is 9.86. The molecule has 0 aromatic heterocycles. The van der Waals surface area contributed by atoms with Gasteiger partial charge in [0.25, 0.3) is 0 Å². The van der Waals surface area contributed by atoms with Gasteiger partial charge in [-0.25, -0.2) is 4.79 Å². The van der Waals surface area contributed by atoms with Gasteiger partial charge in [0.2, 0.25) is 0 Å². The zero-order valence-electron chi connectivity index (χ0n) is 7.42. The molecule has 3 nitrogen and oxygen atoms in total. The fraction of sp³-hybridized carbons (Fsp3) is 0.500. The second-order valence-electron chi connectivity index (χ2n) is 3.54. The van der Waals surface area contributed by atoms with Crippen LogP contribution < -0.4 is 5.32 Å². The molecule has 0 radical (unpaired) electrons. The molecule has 1 atom stereocenters. The molecule has 70 valence electrons. The van der Waals surface area contributed by atoms with Crippen LogP contribution in [0.2, 0.25) is 0 Å². The van der Waals surface area contributed by atoms with Gasteiger partial charge in [-0.2, -0.15) is 0 Å². The summed E-state index contributed by atoms with van der Waals surface area (Å²) in [6.07, 6.45) is 6.93. The fourth-order valence-corrected chi connectivity index (χ4v) is 2.04. The van der Waals surface area contributed by atoms with Crippen LogP contribution in [0.4, 0.5) is 0 Å². The number of hydrogen-bond donors (Lipinski definition) is 2. The number of aliphatic carboxylic acids is 1. The van der Waals surface area contributed by atoms with E-state index in [1.807, 2.05) is 6.08 Å². The van der Waals surface area contributed by atoms with Crippen LogP contribution >= 0.6 is 0 Å². The van der Waals surface area contributed by atoms with Gasteiger partial charge in [-0.1, -0.05) is 6.08 Å². The first kappa shape index (κ1) is 8.35. The molecule has 1 heterocycles. The molecule has 2 aliphatic rings. The van der Waals surface area contributed by atoms with Crippen LogP contribution in [-0.4, -0.2) is 17.6 Å². The Balaban J connectivity index is 2.33. The number of piperidine rings is 1. The molecule has 1 aliphatic heterocycles. The number of carboxylic acid groups (broad SMARTS) is 1. The van der Waals surface area contributed by atoms with Crippen molar-refractivity contribution in [2.45, 2.75) is 19.3 Å². The summed E-state index contributed by atoms with van der Waals surface area (Å²) in [6, 6.07) is 0. The molecule has 0 aromatic rings. The first-order valence-electron chi connectivity index (χ1n) is 4.67. The summed E-state index contributed by atoms with van der Waals surface area (Å²) >= 11 is 0. The number of hydrogen-bond acceptors (Lipinski definition) is 2. The van der Waals surface area contributed by atoms with Gasteiger partial charge in [0.15, 0.2) is 0 Å². The van der Waals surface area contributed by atoms with Crippen molar-refractivity contribution >= 4 is 5.97 Å². The van der Waals surface area contributed by atoms with E-state index in [0.29, 0.717) is 11.5 Å². The van der Waals surface area contributed by atoms with Crippen LogP contribution in [0.5, 0.6) is 0 Å². The van der Waals surface area contributed by atoms with Crippen LogP contribution in [0.25, 0.3) is 0 Å². The van der Waals surface area contributed by atoms with Crippen molar-refractivity contribution in [2.24, 2.45) is 5.92 Å². The highest BCUT2D eigenvalue weighted by Crippen LogP contribution is 2.29. The molecule has 1 saturated heterocycles. The van der Waals surface area contributed by atoms with Gasteiger partial charge >= 0.3 is 5.97 Å². The molecule has 0 spiro atoms. The number of nitrogens with one attached hydrogen (secondary N) is 1. The molecule has 2 N–H and O–H groups in total. The summed E-state index contributed by atoms with van der Waals surface area (Å²) in [5.74, 6) is -0.393. The fourth-order valence-electron chi connectivity index (χ4n) is 2.04. The number of rotatable bonds is 1. The van der Waals surface area contributed by atoms with E-state index in [1.54, 1.807) is 6.08 Å². The maximum absolute atomic E-state index is 10.9. The Bertz CT molecular complexity index is 291. The van der Waals surface area contributed by atoms with Crippen LogP contribution in [0.1, 0.15) is 19.3 Å². The van der Waals surface area contributed by atoms with E-state index in [1.165, 1.54) is 0 Å². The largest absolute Gasteiger partial charge is 0.478 e. The zero-order chi connectivity index (χ0) is 9.26. The Kier molecular flexibility index (Phi) is 2.08. The molecule has 0 saturated carbocycles. The standard InChI is InChI=1S/C10H13NO2/c12-10(13)8-5-1-3-7-4-2-6-11-9(7)8/h1,5,7,11H,2-4,6H2,(H,12,13). The molecular formula is C10H13NO2. The van der Waals surface area contributed by atoms with Gasteiger partial charge < -0.3 is 10.4 Å². The number of allylic oxidation sites excluding steroid dienone is 2. The van der Waals surface area contributed by atoms with Gasteiger partial charge in [0.1, 0.15) is 0 Å². The van der Waals surface area contributed by atoms with Crippen molar-refractivity contribution < 1.29 is 9.90 Å². The monoisotopic (exact) mass is 179 g/mol. The van der Waals surface area contributed by atoms with E-state index in [-0.39, 0.29) is 0 Å². The highest BCUT2D eigenvalue weighted by Gasteiger charge is 2.25. The normalized spacial score (nSPS) is 26.6. The average molecular weight is 179 g/mol. The smallest absolute Gasteiger partial charge is 0.337 e. The lowest BCUT2D eigenvalue weighted by Gasteiger charge is -2.29. The number of fused-ring (bicyclic) bond motifs is 1. The Morgan fingerprint density at radius 1 is 1.62 bits per heavy atom. The third-order valence-electron chi connectivity index (χ3n) is 2.68. The molecule has 13 heavy (non-hydrogen) atoms. The predicted octanol–water partition coefficient (Wildman–Crippen LogP) is 1.28. The third-order valence-corrected chi connectivity index (χ3v) is 2.68. The van der Waals surface area contributed by atoms with Crippen molar-refractivity contribution in [3.05, 3.63) is 23.4 Å². The molecular weight excluding hydrogens is 166 g/mol. The van der Waals surface area contributed by atoms with Crippen molar-refractivity contribution in [3.63, 3.8) is 0 Å². The van der Waals surface area contributed by atoms with E-state index in [4.69, 9.17) is 5.11 Å².